The minimum atomic E-state index is -0.668. The fraction of sp³-hybridized carbons (Fsp3) is 0.906. The van der Waals surface area contributed by atoms with Crippen LogP contribution in [-0.2, 0) is 14.3 Å². The van der Waals surface area contributed by atoms with E-state index >= 15 is 0 Å². The Kier molecular flexibility index (Phi) is 58.5. The third kappa shape index (κ3) is 55.7. The lowest BCUT2D eigenvalue weighted by Gasteiger charge is -2.22. The third-order valence-electron chi connectivity index (χ3n) is 14.8. The van der Waals surface area contributed by atoms with Gasteiger partial charge in [0.25, 0.3) is 0 Å². The first-order chi connectivity index (χ1) is 34.5. The van der Waals surface area contributed by atoms with Gasteiger partial charge in [0.2, 0.25) is 5.91 Å². The smallest absolute Gasteiger partial charge is 0.305 e. The monoisotopic (exact) mass is 986 g/mol. The van der Waals surface area contributed by atoms with Gasteiger partial charge < -0.3 is 20.3 Å². The molecule has 0 spiro atoms. The van der Waals surface area contributed by atoms with Gasteiger partial charge >= 0.3 is 5.97 Å². The van der Waals surface area contributed by atoms with Gasteiger partial charge in [-0.3, -0.25) is 9.59 Å². The number of hydrogen-bond donors (Lipinski definition) is 3. The summed E-state index contributed by atoms with van der Waals surface area (Å²) >= 11 is 0. The van der Waals surface area contributed by atoms with Crippen molar-refractivity contribution in [2.75, 3.05) is 13.2 Å². The molecule has 1 amide bonds. The van der Waals surface area contributed by atoms with Crippen LogP contribution in [0.5, 0.6) is 0 Å². The summed E-state index contributed by atoms with van der Waals surface area (Å²) in [6.07, 6.45) is 73.5. The van der Waals surface area contributed by atoms with Crippen LogP contribution in [-0.4, -0.2) is 47.4 Å². The van der Waals surface area contributed by atoms with Gasteiger partial charge in [-0.05, 0) is 44.9 Å². The lowest BCUT2D eigenvalue weighted by atomic mass is 10.0. The van der Waals surface area contributed by atoms with Crippen molar-refractivity contribution in [2.24, 2.45) is 0 Å². The molecule has 0 aromatic rings. The fourth-order valence-electron chi connectivity index (χ4n) is 9.95. The summed E-state index contributed by atoms with van der Waals surface area (Å²) < 4.78 is 5.41. The SMILES string of the molecule is CCCCCCCCCCCCCCCCCCCCCC(O)C(CO)NC(=O)CCCCCCCCCCCCCCCC/C=C\C/C=C\CCOC(=O)CCCCCCCCCCCCCCC. The van der Waals surface area contributed by atoms with Crippen LogP contribution in [0.25, 0.3) is 0 Å². The van der Waals surface area contributed by atoms with Crippen LogP contribution < -0.4 is 5.32 Å². The average Bonchev–Trinajstić information content (AvgIpc) is 3.36. The van der Waals surface area contributed by atoms with Crippen molar-refractivity contribution in [3.05, 3.63) is 24.3 Å². The lowest BCUT2D eigenvalue weighted by Crippen LogP contribution is -2.45. The van der Waals surface area contributed by atoms with Gasteiger partial charge in [0.15, 0.2) is 0 Å². The number of nitrogens with one attached hydrogen (secondary N) is 1. The highest BCUT2D eigenvalue weighted by Crippen LogP contribution is 2.18. The van der Waals surface area contributed by atoms with Crippen LogP contribution >= 0.6 is 0 Å². The van der Waals surface area contributed by atoms with E-state index in [1.54, 1.807) is 0 Å². The van der Waals surface area contributed by atoms with E-state index in [0.29, 0.717) is 25.9 Å². The molecule has 0 saturated heterocycles. The molecular formula is C64H123NO5. The highest BCUT2D eigenvalue weighted by atomic mass is 16.5. The number of carbonyl (C=O) groups excluding carboxylic acids is 2. The fourth-order valence-corrected chi connectivity index (χ4v) is 9.95. The van der Waals surface area contributed by atoms with Gasteiger partial charge in [0, 0.05) is 12.8 Å². The van der Waals surface area contributed by atoms with Crippen molar-refractivity contribution in [2.45, 2.75) is 360 Å². The standard InChI is InChI=1S/C64H123NO5/c1-3-5-7-9-11-13-15-17-18-19-23-26-29-33-36-40-44-48-52-56-62(67)61(60-66)65-63(68)57-53-49-45-41-37-34-30-27-24-21-20-22-25-28-31-35-39-43-47-51-55-59-70-64(69)58-54-50-46-42-38-32-16-14-12-10-8-6-4-2/h35,39,47,51,61-62,66-67H,3-34,36-38,40-46,48-50,52-60H2,1-2H3,(H,65,68)/b39-35-,51-47-. The highest BCUT2D eigenvalue weighted by Gasteiger charge is 2.20. The maximum Gasteiger partial charge on any atom is 0.305 e. The predicted molar refractivity (Wildman–Crippen MR) is 306 cm³/mol. The van der Waals surface area contributed by atoms with Gasteiger partial charge in [-0.25, -0.2) is 0 Å². The number of hydrogen-bond acceptors (Lipinski definition) is 5. The van der Waals surface area contributed by atoms with Gasteiger partial charge in [0.1, 0.15) is 0 Å². The van der Waals surface area contributed by atoms with E-state index in [-0.39, 0.29) is 18.5 Å². The summed E-state index contributed by atoms with van der Waals surface area (Å²) in [5, 5.41) is 23.4. The molecule has 0 aromatic heterocycles. The van der Waals surface area contributed by atoms with Crippen molar-refractivity contribution in [1.29, 1.82) is 0 Å². The topological polar surface area (TPSA) is 95.9 Å². The summed E-state index contributed by atoms with van der Waals surface area (Å²) in [5.74, 6) is -0.0696. The van der Waals surface area contributed by atoms with E-state index in [0.717, 1.165) is 51.4 Å². The van der Waals surface area contributed by atoms with E-state index in [1.165, 1.54) is 263 Å². The van der Waals surface area contributed by atoms with Crippen molar-refractivity contribution in [3.8, 4) is 0 Å². The van der Waals surface area contributed by atoms with E-state index in [4.69, 9.17) is 4.74 Å². The molecule has 3 N–H and O–H groups in total. The van der Waals surface area contributed by atoms with Crippen LogP contribution in [0, 0.1) is 0 Å². The average molecular weight is 987 g/mol. The number of carbonyl (C=O) groups is 2. The molecule has 0 saturated carbocycles. The molecule has 0 aliphatic carbocycles. The summed E-state index contributed by atoms with van der Waals surface area (Å²) in [5.41, 5.74) is 0. The molecule has 0 rings (SSSR count). The van der Waals surface area contributed by atoms with Crippen LogP contribution in [0.15, 0.2) is 24.3 Å². The Morgan fingerprint density at radius 3 is 1.09 bits per heavy atom. The molecule has 2 unspecified atom stereocenters. The van der Waals surface area contributed by atoms with Crippen LogP contribution in [0.1, 0.15) is 348 Å². The lowest BCUT2D eigenvalue weighted by molar-refractivity contribution is -0.143. The first-order valence-electron chi connectivity index (χ1n) is 31.6. The van der Waals surface area contributed by atoms with E-state index in [2.05, 4.69) is 43.5 Å². The van der Waals surface area contributed by atoms with Gasteiger partial charge in [-0.15, -0.1) is 0 Å². The Bertz CT molecular complexity index is 1090. The predicted octanol–water partition coefficient (Wildman–Crippen LogP) is 19.8. The first-order valence-corrected chi connectivity index (χ1v) is 31.6. The van der Waals surface area contributed by atoms with Crippen molar-refractivity contribution < 1.29 is 24.5 Å². The molecule has 2 atom stereocenters. The molecule has 0 fully saturated rings. The number of rotatable bonds is 59. The summed E-state index contributed by atoms with van der Waals surface area (Å²) in [7, 11) is 0. The molecule has 414 valence electrons. The molecule has 0 heterocycles. The molecule has 6 nitrogen and oxygen atoms in total. The van der Waals surface area contributed by atoms with Crippen LogP contribution in [0.3, 0.4) is 0 Å². The molecule has 0 radical (unpaired) electrons. The molecule has 70 heavy (non-hydrogen) atoms. The van der Waals surface area contributed by atoms with Crippen molar-refractivity contribution in [1.82, 2.24) is 5.32 Å². The molecule has 0 bridgehead atoms. The van der Waals surface area contributed by atoms with Crippen LogP contribution in [0.4, 0.5) is 0 Å². The van der Waals surface area contributed by atoms with Crippen molar-refractivity contribution in [3.63, 3.8) is 0 Å². The molecule has 0 aliphatic rings. The second-order valence-corrected chi connectivity index (χ2v) is 21.7. The maximum absolute atomic E-state index is 12.5. The number of amides is 1. The number of unbranched alkanes of at least 4 members (excludes halogenated alkanes) is 44. The van der Waals surface area contributed by atoms with E-state index in [9.17, 15) is 19.8 Å². The zero-order valence-corrected chi connectivity index (χ0v) is 47.3. The van der Waals surface area contributed by atoms with Gasteiger partial charge in [0.05, 0.1) is 25.4 Å². The summed E-state index contributed by atoms with van der Waals surface area (Å²) in [6, 6.07) is -0.546. The Morgan fingerprint density at radius 2 is 0.714 bits per heavy atom. The molecular weight excluding hydrogens is 863 g/mol. The summed E-state index contributed by atoms with van der Waals surface area (Å²) in [4.78, 5) is 24.5. The molecule has 0 aliphatic heterocycles. The van der Waals surface area contributed by atoms with Gasteiger partial charge in [-0.2, -0.15) is 0 Å². The van der Waals surface area contributed by atoms with E-state index in [1.807, 2.05) is 0 Å². The molecule has 0 aromatic carbocycles. The quantitative estimate of drug-likeness (QED) is 0.0321. The van der Waals surface area contributed by atoms with Crippen LogP contribution in [0.2, 0.25) is 0 Å². The number of allylic oxidation sites excluding steroid dienone is 3. The largest absolute Gasteiger partial charge is 0.465 e. The number of aliphatic hydroxyl groups is 2. The summed E-state index contributed by atoms with van der Waals surface area (Å²) in [6.45, 7) is 4.87. The Labute approximate surface area is 437 Å². The van der Waals surface area contributed by atoms with Crippen molar-refractivity contribution >= 4 is 11.9 Å². The third-order valence-corrected chi connectivity index (χ3v) is 14.8. The zero-order chi connectivity index (χ0) is 50.7. The second kappa shape index (κ2) is 59.9. The zero-order valence-electron chi connectivity index (χ0n) is 47.3. The normalized spacial score (nSPS) is 12.7. The minimum absolute atomic E-state index is 0.0331. The number of esters is 1. The molecule has 6 heteroatoms. The number of aliphatic hydroxyl groups excluding tert-OH is 2. The Balaban J connectivity index is 3.45. The van der Waals surface area contributed by atoms with Gasteiger partial charge in [-0.1, -0.05) is 314 Å². The van der Waals surface area contributed by atoms with E-state index < -0.39 is 12.1 Å². The first kappa shape index (κ1) is 68.3. The highest BCUT2D eigenvalue weighted by molar-refractivity contribution is 5.76. The Hall–Kier alpha value is -1.66. The minimum Gasteiger partial charge on any atom is -0.465 e. The Morgan fingerprint density at radius 1 is 0.400 bits per heavy atom. The second-order valence-electron chi connectivity index (χ2n) is 21.7. The maximum atomic E-state index is 12.5. The number of ether oxygens (including phenoxy) is 1.